The fourth-order valence-corrected chi connectivity index (χ4v) is 3.77. The number of hydrogen-bond donors (Lipinski definition) is 1. The summed E-state index contributed by atoms with van der Waals surface area (Å²) in [5, 5.41) is 6.58. The van der Waals surface area contributed by atoms with Crippen molar-refractivity contribution in [3.63, 3.8) is 0 Å². The first-order valence-corrected chi connectivity index (χ1v) is 10.6. The van der Waals surface area contributed by atoms with Crippen molar-refractivity contribution in [2.45, 2.75) is 56.2 Å². The second-order valence-electron chi connectivity index (χ2n) is 7.87. The first-order valence-electron chi connectivity index (χ1n) is 10.2. The molecule has 180 valence electrons. The third-order valence-electron chi connectivity index (χ3n) is 5.40. The summed E-state index contributed by atoms with van der Waals surface area (Å²) in [6.45, 7) is -0.0942. The average molecular weight is 494 g/mol. The minimum atomic E-state index is -4.65. The molecular formula is C20H20ClF4N3O5. The van der Waals surface area contributed by atoms with Gasteiger partial charge >= 0.3 is 6.36 Å². The van der Waals surface area contributed by atoms with E-state index in [0.29, 0.717) is 18.7 Å². The maximum absolute atomic E-state index is 13.4. The molecule has 1 aromatic heterocycles. The molecule has 1 saturated carbocycles. The van der Waals surface area contributed by atoms with Crippen LogP contribution in [0.5, 0.6) is 5.75 Å². The molecule has 1 amide bonds. The van der Waals surface area contributed by atoms with Gasteiger partial charge in [-0.05, 0) is 37.8 Å². The molecule has 2 aromatic rings. The Morgan fingerprint density at radius 3 is 2.73 bits per heavy atom. The van der Waals surface area contributed by atoms with Crippen LogP contribution in [-0.4, -0.2) is 47.8 Å². The Labute approximate surface area is 190 Å². The molecule has 1 aromatic carbocycles. The number of halogens is 5. The number of amides is 1. The lowest BCUT2D eigenvalue weighted by molar-refractivity contribution is -0.352. The molecule has 2 heterocycles. The second-order valence-corrected chi connectivity index (χ2v) is 8.28. The summed E-state index contributed by atoms with van der Waals surface area (Å²) in [7, 11) is 0. The van der Waals surface area contributed by atoms with Gasteiger partial charge in [0.15, 0.2) is 12.4 Å². The van der Waals surface area contributed by atoms with E-state index in [0.717, 1.165) is 6.07 Å². The van der Waals surface area contributed by atoms with Gasteiger partial charge in [0.05, 0.1) is 23.8 Å². The number of rotatable bonds is 7. The van der Waals surface area contributed by atoms with Crippen LogP contribution in [0.25, 0.3) is 0 Å². The van der Waals surface area contributed by atoms with Crippen LogP contribution in [-0.2, 0) is 14.3 Å². The second kappa shape index (κ2) is 9.82. The van der Waals surface area contributed by atoms with Crippen molar-refractivity contribution in [3.8, 4) is 5.75 Å². The Balaban J connectivity index is 1.18. The molecule has 1 saturated heterocycles. The number of benzene rings is 1. The largest absolute Gasteiger partial charge is 0.522 e. The van der Waals surface area contributed by atoms with Crippen LogP contribution in [0.3, 0.4) is 0 Å². The van der Waals surface area contributed by atoms with Crippen molar-refractivity contribution in [3.05, 3.63) is 40.8 Å². The van der Waals surface area contributed by atoms with Crippen LogP contribution < -0.4 is 10.1 Å². The van der Waals surface area contributed by atoms with Crippen molar-refractivity contribution in [2.24, 2.45) is 0 Å². The molecule has 8 nitrogen and oxygen atoms in total. The number of aromatic nitrogens is 2. The molecule has 0 bridgehead atoms. The van der Waals surface area contributed by atoms with Gasteiger partial charge < -0.3 is 19.3 Å². The van der Waals surface area contributed by atoms with Gasteiger partial charge in [-0.2, -0.15) is 4.98 Å². The number of nitrogens with one attached hydrogen (secondary N) is 1. The SMILES string of the molecule is O=C(COc1ccc(Cl)c(F)c1)N[C@@H]1CC[C@@H](c2nc(C3CC(OC(F)(F)F)C3)no2)OC1. The molecule has 13 heteroatoms. The van der Waals surface area contributed by atoms with Crippen LogP contribution in [0, 0.1) is 5.82 Å². The van der Waals surface area contributed by atoms with Crippen molar-refractivity contribution < 1.29 is 41.1 Å². The van der Waals surface area contributed by atoms with Crippen molar-refractivity contribution in [2.75, 3.05) is 13.2 Å². The van der Waals surface area contributed by atoms with Crippen LogP contribution in [0.15, 0.2) is 22.7 Å². The van der Waals surface area contributed by atoms with Gasteiger partial charge in [0.25, 0.3) is 11.8 Å². The summed E-state index contributed by atoms with van der Waals surface area (Å²) in [4.78, 5) is 16.3. The van der Waals surface area contributed by atoms with E-state index in [9.17, 15) is 22.4 Å². The van der Waals surface area contributed by atoms with Gasteiger partial charge in [-0.25, -0.2) is 4.39 Å². The highest BCUT2D eigenvalue weighted by molar-refractivity contribution is 6.30. The molecule has 0 unspecified atom stereocenters. The van der Waals surface area contributed by atoms with Crippen molar-refractivity contribution >= 4 is 17.5 Å². The molecule has 1 aliphatic carbocycles. The van der Waals surface area contributed by atoms with Crippen LogP contribution in [0.2, 0.25) is 5.02 Å². The van der Waals surface area contributed by atoms with Crippen LogP contribution >= 0.6 is 11.6 Å². The lowest BCUT2D eigenvalue weighted by Gasteiger charge is -2.33. The molecule has 2 atom stereocenters. The predicted octanol–water partition coefficient (Wildman–Crippen LogP) is 4.06. The quantitative estimate of drug-likeness (QED) is 0.581. The Morgan fingerprint density at radius 2 is 2.06 bits per heavy atom. The third kappa shape index (κ3) is 6.33. The smallest absolute Gasteiger partial charge is 0.484 e. The van der Waals surface area contributed by atoms with Crippen molar-refractivity contribution in [1.29, 1.82) is 0 Å². The molecule has 2 fully saturated rings. The Hall–Kier alpha value is -2.44. The molecule has 1 aliphatic heterocycles. The fraction of sp³-hybridized carbons (Fsp3) is 0.550. The minimum Gasteiger partial charge on any atom is -0.484 e. The van der Waals surface area contributed by atoms with E-state index in [1.54, 1.807) is 0 Å². The first-order chi connectivity index (χ1) is 15.7. The fourth-order valence-electron chi connectivity index (χ4n) is 3.65. The van der Waals surface area contributed by atoms with E-state index < -0.39 is 30.3 Å². The summed E-state index contributed by atoms with van der Waals surface area (Å²) >= 11 is 5.60. The van der Waals surface area contributed by atoms with Gasteiger partial charge in [0.1, 0.15) is 17.7 Å². The maximum Gasteiger partial charge on any atom is 0.522 e. The molecule has 0 radical (unpaired) electrons. The zero-order valence-corrected chi connectivity index (χ0v) is 17.9. The first kappa shape index (κ1) is 23.7. The zero-order valence-electron chi connectivity index (χ0n) is 17.1. The maximum atomic E-state index is 13.4. The van der Waals surface area contributed by atoms with E-state index in [1.165, 1.54) is 12.1 Å². The number of carbonyl (C=O) groups excluding carboxylic acids is 1. The predicted molar refractivity (Wildman–Crippen MR) is 104 cm³/mol. The molecule has 0 spiro atoms. The summed E-state index contributed by atoms with van der Waals surface area (Å²) < 4.78 is 70.2. The normalized spacial score (nSPS) is 25.4. The monoisotopic (exact) mass is 493 g/mol. The number of alkyl halides is 3. The molecule has 33 heavy (non-hydrogen) atoms. The Bertz CT molecular complexity index is 975. The Morgan fingerprint density at radius 1 is 1.27 bits per heavy atom. The van der Waals surface area contributed by atoms with Gasteiger partial charge in [-0.3, -0.25) is 9.53 Å². The van der Waals surface area contributed by atoms with Gasteiger partial charge in [-0.1, -0.05) is 16.8 Å². The van der Waals surface area contributed by atoms with E-state index >= 15 is 0 Å². The lowest BCUT2D eigenvalue weighted by atomic mass is 9.82. The lowest BCUT2D eigenvalue weighted by Crippen LogP contribution is -2.43. The van der Waals surface area contributed by atoms with Gasteiger partial charge in [-0.15, -0.1) is 13.2 Å². The molecule has 2 aliphatic rings. The van der Waals surface area contributed by atoms with Gasteiger partial charge in [0.2, 0.25) is 0 Å². The van der Waals surface area contributed by atoms with Crippen LogP contribution in [0.1, 0.15) is 49.4 Å². The average Bonchev–Trinajstić information content (AvgIpc) is 3.21. The summed E-state index contributed by atoms with van der Waals surface area (Å²) in [5.41, 5.74) is 0. The summed E-state index contributed by atoms with van der Waals surface area (Å²) in [6, 6.07) is 3.63. The minimum absolute atomic E-state index is 0.0403. The number of carbonyl (C=O) groups is 1. The zero-order chi connectivity index (χ0) is 23.6. The topological polar surface area (TPSA) is 95.7 Å². The van der Waals surface area contributed by atoms with E-state index in [2.05, 4.69) is 20.2 Å². The summed E-state index contributed by atoms with van der Waals surface area (Å²) in [5.74, 6) is -0.512. The van der Waals surface area contributed by atoms with Crippen LogP contribution in [0.4, 0.5) is 17.6 Å². The standard InChI is InChI=1S/C20H20ClF4N3O5/c21-14-3-2-12(7-15(14)22)30-9-17(29)26-11-1-4-16(31-8-11)19-27-18(28-33-19)10-5-13(6-10)32-20(23,24)25/h2-3,7,10-11,13,16H,1,4-6,8-9H2,(H,26,29)/t10?,11-,13?,16+/m1/s1. The Kier molecular flexibility index (Phi) is 7.05. The number of hydrogen-bond acceptors (Lipinski definition) is 7. The van der Waals surface area contributed by atoms with E-state index in [4.69, 9.17) is 25.6 Å². The molecular weight excluding hydrogens is 474 g/mol. The number of nitrogens with zero attached hydrogens (tertiary/aromatic N) is 2. The summed E-state index contributed by atoms with van der Waals surface area (Å²) in [6.07, 6.45) is -4.59. The highest BCUT2D eigenvalue weighted by atomic mass is 35.5. The number of ether oxygens (including phenoxy) is 3. The molecule has 4 rings (SSSR count). The van der Waals surface area contributed by atoms with Gasteiger partial charge in [0, 0.05) is 12.0 Å². The highest BCUT2D eigenvalue weighted by Crippen LogP contribution is 2.40. The van der Waals surface area contributed by atoms with E-state index in [1.807, 2.05) is 0 Å². The highest BCUT2D eigenvalue weighted by Gasteiger charge is 2.42. The van der Waals surface area contributed by atoms with Crippen molar-refractivity contribution in [1.82, 2.24) is 15.5 Å². The van der Waals surface area contributed by atoms with E-state index in [-0.39, 0.29) is 54.7 Å². The third-order valence-corrected chi connectivity index (χ3v) is 5.70. The molecule has 1 N–H and O–H groups in total.